The first-order chi connectivity index (χ1) is 12.7. The van der Waals surface area contributed by atoms with Gasteiger partial charge >= 0.3 is 0 Å². The molecule has 3 aromatic rings. The number of hydrogen-bond donors (Lipinski definition) is 1. The molecular weight excluding hydrogens is 348 g/mol. The van der Waals surface area contributed by atoms with Gasteiger partial charge in [-0.05, 0) is 36.6 Å². The number of furan rings is 1. The van der Waals surface area contributed by atoms with E-state index < -0.39 is 0 Å². The van der Waals surface area contributed by atoms with Crippen LogP contribution in [0, 0.1) is 6.92 Å². The minimum absolute atomic E-state index is 0.0194. The molecule has 1 atom stereocenters. The highest BCUT2D eigenvalue weighted by molar-refractivity contribution is 7.20. The quantitative estimate of drug-likeness (QED) is 0.745. The predicted octanol–water partition coefficient (Wildman–Crippen LogP) is 3.61. The van der Waals surface area contributed by atoms with E-state index in [1.165, 1.54) is 11.3 Å². The lowest BCUT2D eigenvalue weighted by molar-refractivity contribution is 0.0117. The zero-order valence-electron chi connectivity index (χ0n) is 14.7. The monoisotopic (exact) mass is 370 g/mol. The molecule has 1 N–H and O–H groups in total. The van der Waals surface area contributed by atoms with E-state index in [9.17, 15) is 4.79 Å². The molecule has 4 rings (SSSR count). The molecule has 2 aromatic heterocycles. The number of amides is 1. The molecule has 1 saturated heterocycles. The third-order valence-corrected chi connectivity index (χ3v) is 5.80. The minimum atomic E-state index is -0.0345. The van der Waals surface area contributed by atoms with E-state index >= 15 is 0 Å². The summed E-state index contributed by atoms with van der Waals surface area (Å²) >= 11 is 1.52. The first-order valence-electron chi connectivity index (χ1n) is 8.85. The molecule has 0 aliphatic carbocycles. The van der Waals surface area contributed by atoms with Crippen molar-refractivity contribution in [2.24, 2.45) is 0 Å². The van der Waals surface area contributed by atoms with Crippen molar-refractivity contribution in [1.82, 2.24) is 10.2 Å². The van der Waals surface area contributed by atoms with Gasteiger partial charge in [-0.2, -0.15) is 0 Å². The first-order valence-corrected chi connectivity index (χ1v) is 9.67. The van der Waals surface area contributed by atoms with Crippen LogP contribution in [0.25, 0.3) is 10.1 Å². The number of morpholine rings is 1. The van der Waals surface area contributed by atoms with E-state index in [0.717, 1.165) is 39.6 Å². The lowest BCUT2D eigenvalue weighted by Crippen LogP contribution is -2.43. The number of aryl methyl sites for hydroxylation is 1. The van der Waals surface area contributed by atoms with Gasteiger partial charge in [-0.3, -0.25) is 9.69 Å². The molecule has 1 amide bonds. The van der Waals surface area contributed by atoms with Crippen LogP contribution in [0.2, 0.25) is 0 Å². The Labute approximate surface area is 156 Å². The number of ether oxygens (including phenoxy) is 1. The summed E-state index contributed by atoms with van der Waals surface area (Å²) in [6.07, 6.45) is 0. The molecule has 0 unspecified atom stereocenters. The number of nitrogens with zero attached hydrogens (tertiary/aromatic N) is 1. The number of rotatable bonds is 5. The van der Waals surface area contributed by atoms with E-state index in [0.29, 0.717) is 19.8 Å². The zero-order chi connectivity index (χ0) is 17.9. The van der Waals surface area contributed by atoms with Crippen LogP contribution >= 0.6 is 11.3 Å². The van der Waals surface area contributed by atoms with Crippen molar-refractivity contribution in [3.63, 3.8) is 0 Å². The zero-order valence-corrected chi connectivity index (χ0v) is 15.6. The summed E-state index contributed by atoms with van der Waals surface area (Å²) in [5.74, 6) is 1.74. The standard InChI is InChI=1S/C20H22N2O3S/c1-14-6-7-17(25-14)16(22-8-10-24-11-9-22)13-21-20(23)19-12-15-4-2-3-5-18(15)26-19/h2-7,12,16H,8-11,13H2,1H3,(H,21,23)/t16-/m0/s1. The fraction of sp³-hybridized carbons (Fsp3) is 0.350. The molecule has 0 saturated carbocycles. The van der Waals surface area contributed by atoms with Crippen molar-refractivity contribution in [1.29, 1.82) is 0 Å². The van der Waals surface area contributed by atoms with Gasteiger partial charge in [0, 0.05) is 24.3 Å². The second-order valence-electron chi connectivity index (χ2n) is 6.47. The highest BCUT2D eigenvalue weighted by atomic mass is 32.1. The summed E-state index contributed by atoms with van der Waals surface area (Å²) in [6.45, 7) is 5.54. The van der Waals surface area contributed by atoms with Gasteiger partial charge in [-0.1, -0.05) is 18.2 Å². The van der Waals surface area contributed by atoms with E-state index in [4.69, 9.17) is 9.15 Å². The summed E-state index contributed by atoms with van der Waals surface area (Å²) in [7, 11) is 0. The van der Waals surface area contributed by atoms with Gasteiger partial charge in [-0.15, -0.1) is 11.3 Å². The molecule has 1 aromatic carbocycles. The molecule has 136 valence electrons. The maximum absolute atomic E-state index is 12.7. The number of thiophene rings is 1. The Morgan fingerprint density at radius 3 is 2.77 bits per heavy atom. The molecule has 5 nitrogen and oxygen atoms in total. The van der Waals surface area contributed by atoms with E-state index in [1.807, 2.05) is 49.4 Å². The van der Waals surface area contributed by atoms with Crippen molar-refractivity contribution < 1.29 is 13.9 Å². The Kier molecular flexibility index (Phi) is 5.06. The highest BCUT2D eigenvalue weighted by Gasteiger charge is 2.26. The van der Waals surface area contributed by atoms with Gasteiger partial charge in [0.15, 0.2) is 0 Å². The molecule has 6 heteroatoms. The largest absolute Gasteiger partial charge is 0.465 e. The van der Waals surface area contributed by atoms with Crippen molar-refractivity contribution in [3.05, 3.63) is 58.9 Å². The fourth-order valence-electron chi connectivity index (χ4n) is 3.30. The van der Waals surface area contributed by atoms with E-state index in [2.05, 4.69) is 10.2 Å². The molecular formula is C20H22N2O3S. The highest BCUT2D eigenvalue weighted by Crippen LogP contribution is 2.26. The van der Waals surface area contributed by atoms with Crippen LogP contribution in [0.3, 0.4) is 0 Å². The summed E-state index contributed by atoms with van der Waals surface area (Å²) in [6, 6.07) is 14.0. The maximum atomic E-state index is 12.7. The van der Waals surface area contributed by atoms with Crippen molar-refractivity contribution in [2.45, 2.75) is 13.0 Å². The number of fused-ring (bicyclic) bond motifs is 1. The summed E-state index contributed by atoms with van der Waals surface area (Å²) in [5, 5.41) is 4.20. The lowest BCUT2D eigenvalue weighted by atomic mass is 10.1. The third-order valence-electron chi connectivity index (χ3n) is 4.68. The number of carbonyl (C=O) groups excluding carboxylic acids is 1. The van der Waals surface area contributed by atoms with Crippen LogP contribution < -0.4 is 5.32 Å². The molecule has 26 heavy (non-hydrogen) atoms. The maximum Gasteiger partial charge on any atom is 0.261 e. The number of nitrogens with one attached hydrogen (secondary N) is 1. The molecule has 1 aliphatic heterocycles. The van der Waals surface area contributed by atoms with Gasteiger partial charge < -0.3 is 14.5 Å². The minimum Gasteiger partial charge on any atom is -0.465 e. The van der Waals surface area contributed by atoms with Gasteiger partial charge in [0.2, 0.25) is 0 Å². The van der Waals surface area contributed by atoms with Crippen LogP contribution in [0.15, 0.2) is 46.9 Å². The first kappa shape index (κ1) is 17.3. The van der Waals surface area contributed by atoms with E-state index in [-0.39, 0.29) is 11.9 Å². The third kappa shape index (κ3) is 3.67. The van der Waals surface area contributed by atoms with Crippen LogP contribution in [-0.4, -0.2) is 43.7 Å². The Hall–Kier alpha value is -2.15. The van der Waals surface area contributed by atoms with Crippen molar-refractivity contribution >= 4 is 27.3 Å². The SMILES string of the molecule is Cc1ccc([C@H](CNC(=O)c2cc3ccccc3s2)N2CCOCC2)o1. The summed E-state index contributed by atoms with van der Waals surface area (Å²) in [5.41, 5.74) is 0. The van der Waals surface area contributed by atoms with Crippen LogP contribution in [0.5, 0.6) is 0 Å². The number of carbonyl (C=O) groups is 1. The Morgan fingerprint density at radius 2 is 2.04 bits per heavy atom. The average Bonchev–Trinajstić information content (AvgIpc) is 3.29. The summed E-state index contributed by atoms with van der Waals surface area (Å²) < 4.78 is 12.4. The number of benzene rings is 1. The van der Waals surface area contributed by atoms with Crippen LogP contribution in [0.1, 0.15) is 27.2 Å². The predicted molar refractivity (Wildman–Crippen MR) is 103 cm³/mol. The molecule has 0 spiro atoms. The number of hydrogen-bond acceptors (Lipinski definition) is 5. The molecule has 1 aliphatic rings. The Balaban J connectivity index is 1.49. The second kappa shape index (κ2) is 7.61. The van der Waals surface area contributed by atoms with Gasteiger partial charge in [0.05, 0.1) is 24.1 Å². The normalized spacial score (nSPS) is 16.7. The Bertz CT molecular complexity index is 862. The molecule has 0 bridgehead atoms. The average molecular weight is 370 g/mol. The van der Waals surface area contributed by atoms with Crippen LogP contribution in [0.4, 0.5) is 0 Å². The van der Waals surface area contributed by atoms with Crippen molar-refractivity contribution in [2.75, 3.05) is 32.8 Å². The Morgan fingerprint density at radius 1 is 1.23 bits per heavy atom. The van der Waals surface area contributed by atoms with Crippen molar-refractivity contribution in [3.8, 4) is 0 Å². The smallest absolute Gasteiger partial charge is 0.261 e. The second-order valence-corrected chi connectivity index (χ2v) is 7.55. The van der Waals surface area contributed by atoms with Gasteiger partial charge in [0.1, 0.15) is 11.5 Å². The van der Waals surface area contributed by atoms with E-state index in [1.54, 1.807) is 0 Å². The van der Waals surface area contributed by atoms with Gasteiger partial charge in [-0.25, -0.2) is 0 Å². The topological polar surface area (TPSA) is 54.7 Å². The molecule has 0 radical (unpaired) electrons. The molecule has 3 heterocycles. The molecule has 1 fully saturated rings. The lowest BCUT2D eigenvalue weighted by Gasteiger charge is -2.33. The summed E-state index contributed by atoms with van der Waals surface area (Å²) in [4.78, 5) is 15.7. The van der Waals surface area contributed by atoms with Gasteiger partial charge in [0.25, 0.3) is 5.91 Å². The van der Waals surface area contributed by atoms with Crippen LogP contribution in [-0.2, 0) is 4.74 Å². The fourth-order valence-corrected chi connectivity index (χ4v) is 4.28.